The summed E-state index contributed by atoms with van der Waals surface area (Å²) in [5.74, 6) is -0.106. The van der Waals surface area contributed by atoms with Gasteiger partial charge >= 0.3 is 0 Å². The first-order chi connectivity index (χ1) is 10.6. The SMILES string of the molecule is CC(CCN1CCOCC1)NC(=O)CC(O)c1ccccc1. The molecule has 0 saturated carbocycles. The number of carbonyl (C=O) groups is 1. The van der Waals surface area contributed by atoms with Crippen LogP contribution in [0.25, 0.3) is 0 Å². The molecule has 0 spiro atoms. The Labute approximate surface area is 132 Å². The molecule has 0 bridgehead atoms. The van der Waals surface area contributed by atoms with Crippen LogP contribution in [0.15, 0.2) is 30.3 Å². The average Bonchev–Trinajstić information content (AvgIpc) is 2.54. The lowest BCUT2D eigenvalue weighted by Crippen LogP contribution is -2.40. The van der Waals surface area contributed by atoms with E-state index < -0.39 is 6.10 Å². The molecule has 5 nitrogen and oxygen atoms in total. The Bertz CT molecular complexity index is 446. The van der Waals surface area contributed by atoms with Crippen molar-refractivity contribution in [2.75, 3.05) is 32.8 Å². The summed E-state index contributed by atoms with van der Waals surface area (Å²) in [6, 6.07) is 9.39. The molecule has 2 atom stereocenters. The van der Waals surface area contributed by atoms with Crippen LogP contribution in [0.1, 0.15) is 31.4 Å². The maximum atomic E-state index is 12.0. The zero-order valence-electron chi connectivity index (χ0n) is 13.2. The van der Waals surface area contributed by atoms with Crippen LogP contribution in [0.2, 0.25) is 0 Å². The number of hydrogen-bond acceptors (Lipinski definition) is 4. The van der Waals surface area contributed by atoms with Gasteiger partial charge in [-0.3, -0.25) is 9.69 Å². The third-order valence-corrected chi connectivity index (χ3v) is 3.95. The number of hydrogen-bond donors (Lipinski definition) is 2. The summed E-state index contributed by atoms with van der Waals surface area (Å²) in [4.78, 5) is 14.3. The number of rotatable bonds is 7. The van der Waals surface area contributed by atoms with Crippen molar-refractivity contribution in [3.63, 3.8) is 0 Å². The van der Waals surface area contributed by atoms with Gasteiger partial charge in [-0.15, -0.1) is 0 Å². The van der Waals surface area contributed by atoms with Gasteiger partial charge in [-0.1, -0.05) is 30.3 Å². The fourth-order valence-corrected chi connectivity index (χ4v) is 2.58. The lowest BCUT2D eigenvalue weighted by atomic mass is 10.1. The molecule has 2 N–H and O–H groups in total. The Morgan fingerprint density at radius 2 is 2.00 bits per heavy atom. The second-order valence-corrected chi connectivity index (χ2v) is 5.84. The van der Waals surface area contributed by atoms with Crippen molar-refractivity contribution in [2.45, 2.75) is 31.9 Å². The number of aliphatic hydroxyl groups excluding tert-OH is 1. The van der Waals surface area contributed by atoms with Crippen molar-refractivity contribution in [1.29, 1.82) is 0 Å². The second-order valence-electron chi connectivity index (χ2n) is 5.84. The lowest BCUT2D eigenvalue weighted by molar-refractivity contribution is -0.123. The first-order valence-corrected chi connectivity index (χ1v) is 7.97. The normalized spacial score (nSPS) is 18.6. The van der Waals surface area contributed by atoms with Gasteiger partial charge in [0.15, 0.2) is 0 Å². The number of ether oxygens (including phenoxy) is 1. The lowest BCUT2D eigenvalue weighted by Gasteiger charge is -2.27. The molecule has 1 saturated heterocycles. The van der Waals surface area contributed by atoms with Crippen LogP contribution < -0.4 is 5.32 Å². The highest BCUT2D eigenvalue weighted by molar-refractivity contribution is 5.76. The molecule has 1 fully saturated rings. The molecule has 22 heavy (non-hydrogen) atoms. The largest absolute Gasteiger partial charge is 0.388 e. The van der Waals surface area contributed by atoms with E-state index in [-0.39, 0.29) is 18.4 Å². The minimum Gasteiger partial charge on any atom is -0.388 e. The molecular formula is C17H26N2O3. The van der Waals surface area contributed by atoms with E-state index >= 15 is 0 Å². The zero-order chi connectivity index (χ0) is 15.8. The van der Waals surface area contributed by atoms with Crippen LogP contribution in [-0.4, -0.2) is 54.8 Å². The number of amides is 1. The maximum Gasteiger partial charge on any atom is 0.223 e. The zero-order valence-corrected chi connectivity index (χ0v) is 13.2. The van der Waals surface area contributed by atoms with Crippen LogP contribution >= 0.6 is 0 Å². The minimum absolute atomic E-state index is 0.103. The van der Waals surface area contributed by atoms with E-state index in [1.165, 1.54) is 0 Å². The number of morpholine rings is 1. The summed E-state index contributed by atoms with van der Waals surface area (Å²) in [7, 11) is 0. The number of aliphatic hydroxyl groups is 1. The molecule has 5 heteroatoms. The summed E-state index contributed by atoms with van der Waals surface area (Å²) >= 11 is 0. The van der Waals surface area contributed by atoms with Crippen LogP contribution in [0, 0.1) is 0 Å². The van der Waals surface area contributed by atoms with Gasteiger partial charge in [-0.05, 0) is 18.9 Å². The molecule has 1 aromatic rings. The molecule has 0 aliphatic carbocycles. The number of nitrogens with one attached hydrogen (secondary N) is 1. The van der Waals surface area contributed by atoms with E-state index in [0.29, 0.717) is 0 Å². The topological polar surface area (TPSA) is 61.8 Å². The van der Waals surface area contributed by atoms with Gasteiger partial charge in [0.05, 0.1) is 25.7 Å². The summed E-state index contributed by atoms with van der Waals surface area (Å²) in [5, 5.41) is 13.0. The van der Waals surface area contributed by atoms with Gasteiger partial charge in [0.1, 0.15) is 0 Å². The van der Waals surface area contributed by atoms with Gasteiger partial charge < -0.3 is 15.2 Å². The summed E-state index contributed by atoms with van der Waals surface area (Å²) in [6.45, 7) is 6.49. The van der Waals surface area contributed by atoms with Gasteiger partial charge in [0.25, 0.3) is 0 Å². The maximum absolute atomic E-state index is 12.0. The third-order valence-electron chi connectivity index (χ3n) is 3.95. The molecule has 0 radical (unpaired) electrons. The van der Waals surface area contributed by atoms with Crippen molar-refractivity contribution in [1.82, 2.24) is 10.2 Å². The van der Waals surface area contributed by atoms with E-state index in [9.17, 15) is 9.90 Å². The average molecular weight is 306 g/mol. The monoisotopic (exact) mass is 306 g/mol. The van der Waals surface area contributed by atoms with Gasteiger partial charge in [0.2, 0.25) is 5.91 Å². The Morgan fingerprint density at radius 3 is 2.68 bits per heavy atom. The highest BCUT2D eigenvalue weighted by Gasteiger charge is 2.16. The van der Waals surface area contributed by atoms with E-state index in [0.717, 1.165) is 44.8 Å². The van der Waals surface area contributed by atoms with Crippen molar-refractivity contribution in [2.24, 2.45) is 0 Å². The van der Waals surface area contributed by atoms with Crippen molar-refractivity contribution < 1.29 is 14.6 Å². The fourth-order valence-electron chi connectivity index (χ4n) is 2.58. The van der Waals surface area contributed by atoms with E-state index in [1.54, 1.807) is 0 Å². The second kappa shape index (κ2) is 8.88. The van der Waals surface area contributed by atoms with Crippen LogP contribution in [0.5, 0.6) is 0 Å². The summed E-state index contributed by atoms with van der Waals surface area (Å²) < 4.78 is 5.32. The third kappa shape index (κ3) is 5.75. The van der Waals surface area contributed by atoms with E-state index in [4.69, 9.17) is 4.74 Å². The van der Waals surface area contributed by atoms with Gasteiger partial charge in [0, 0.05) is 25.7 Å². The highest BCUT2D eigenvalue weighted by atomic mass is 16.5. The Hall–Kier alpha value is -1.43. The molecule has 1 amide bonds. The minimum atomic E-state index is -0.743. The predicted molar refractivity (Wildman–Crippen MR) is 85.5 cm³/mol. The van der Waals surface area contributed by atoms with Crippen molar-refractivity contribution in [3.05, 3.63) is 35.9 Å². The summed E-state index contributed by atoms with van der Waals surface area (Å²) in [6.07, 6.45) is 0.270. The van der Waals surface area contributed by atoms with Crippen LogP contribution in [0.3, 0.4) is 0 Å². The standard InChI is InChI=1S/C17H26N2O3/c1-14(7-8-19-9-11-22-12-10-19)18-17(21)13-16(20)15-5-3-2-4-6-15/h2-6,14,16,20H,7-13H2,1H3,(H,18,21). The number of carbonyl (C=O) groups excluding carboxylic acids is 1. The molecule has 1 aliphatic rings. The Kier molecular flexibility index (Phi) is 6.83. The number of benzene rings is 1. The van der Waals surface area contributed by atoms with Crippen molar-refractivity contribution >= 4 is 5.91 Å². The van der Waals surface area contributed by atoms with E-state index in [1.807, 2.05) is 37.3 Å². The Balaban J connectivity index is 1.67. The molecule has 2 rings (SSSR count). The fraction of sp³-hybridized carbons (Fsp3) is 0.588. The first-order valence-electron chi connectivity index (χ1n) is 7.97. The number of nitrogens with zero attached hydrogens (tertiary/aromatic N) is 1. The van der Waals surface area contributed by atoms with Gasteiger partial charge in [-0.25, -0.2) is 0 Å². The molecule has 1 aliphatic heterocycles. The molecule has 0 aromatic heterocycles. The van der Waals surface area contributed by atoms with Crippen LogP contribution in [0.4, 0.5) is 0 Å². The quantitative estimate of drug-likeness (QED) is 0.798. The van der Waals surface area contributed by atoms with Gasteiger partial charge in [-0.2, -0.15) is 0 Å². The molecular weight excluding hydrogens is 280 g/mol. The molecule has 1 heterocycles. The van der Waals surface area contributed by atoms with E-state index in [2.05, 4.69) is 10.2 Å². The summed E-state index contributed by atoms with van der Waals surface area (Å²) in [5.41, 5.74) is 0.776. The molecule has 122 valence electrons. The highest BCUT2D eigenvalue weighted by Crippen LogP contribution is 2.15. The smallest absolute Gasteiger partial charge is 0.223 e. The molecule has 1 aromatic carbocycles. The van der Waals surface area contributed by atoms with Crippen LogP contribution in [-0.2, 0) is 9.53 Å². The Morgan fingerprint density at radius 1 is 1.32 bits per heavy atom. The molecule has 2 unspecified atom stereocenters. The van der Waals surface area contributed by atoms with Crippen molar-refractivity contribution in [3.8, 4) is 0 Å². The predicted octanol–water partition coefficient (Wildman–Crippen LogP) is 1.34. The first kappa shape index (κ1) is 16.9.